The molecule has 0 heterocycles. The summed E-state index contributed by atoms with van der Waals surface area (Å²) in [6, 6.07) is 0. The average Bonchev–Trinajstić information content (AvgIpc) is 3.23. The number of rotatable bonds is 43. The first-order valence-corrected chi connectivity index (χ1v) is 24.4. The van der Waals surface area contributed by atoms with Gasteiger partial charge in [-0.3, -0.25) is 14.4 Å². The molecular formula is C53H90O6. The topological polar surface area (TPSA) is 78.9 Å². The summed E-state index contributed by atoms with van der Waals surface area (Å²) in [4.78, 5) is 37.8. The lowest BCUT2D eigenvalue weighted by Gasteiger charge is -2.18. The standard InChI is InChI=1S/C53H90O6/c1-4-7-10-13-16-19-22-24-26-28-29-31-34-37-40-43-46-52(55)58-49-50(48-57-51(54)45-42-39-36-33-21-18-15-12-9-6-3)59-53(56)47-44-41-38-35-32-30-27-25-23-20-17-14-11-8-5-2/h8,11-12,15,17,20,25,27,32,35,41,44,50H,4-7,9-10,13-14,16,18-19,21-24,26,28-31,33-34,36-40,42-43,45-49H2,1-3H3/b11-8-,15-12-,20-17-,27-25-,35-32-,44-41-. The second kappa shape index (κ2) is 47.5. The number of allylic oxidation sites excluding steroid dienone is 11. The van der Waals surface area contributed by atoms with E-state index >= 15 is 0 Å². The lowest BCUT2D eigenvalue weighted by atomic mass is 10.0. The Morgan fingerprint density at radius 3 is 1.17 bits per heavy atom. The van der Waals surface area contributed by atoms with Crippen LogP contribution in [0.25, 0.3) is 0 Å². The minimum Gasteiger partial charge on any atom is -0.462 e. The number of carbonyl (C=O) groups excluding carboxylic acids is 3. The third kappa shape index (κ3) is 45.8. The Labute approximate surface area is 363 Å². The predicted octanol–water partition coefficient (Wildman–Crippen LogP) is 15.9. The van der Waals surface area contributed by atoms with Gasteiger partial charge in [-0.15, -0.1) is 0 Å². The maximum Gasteiger partial charge on any atom is 0.310 e. The molecule has 0 aromatic heterocycles. The van der Waals surface area contributed by atoms with Crippen LogP contribution in [0.15, 0.2) is 72.9 Å². The third-order valence-corrected chi connectivity index (χ3v) is 10.2. The molecule has 0 aliphatic carbocycles. The third-order valence-electron chi connectivity index (χ3n) is 10.2. The number of esters is 3. The van der Waals surface area contributed by atoms with E-state index in [1.54, 1.807) is 6.08 Å². The van der Waals surface area contributed by atoms with E-state index in [2.05, 4.69) is 81.5 Å². The Balaban J connectivity index is 4.47. The van der Waals surface area contributed by atoms with Gasteiger partial charge in [0.05, 0.1) is 6.42 Å². The van der Waals surface area contributed by atoms with E-state index in [1.807, 2.05) is 6.08 Å². The molecule has 0 spiro atoms. The van der Waals surface area contributed by atoms with Crippen LogP contribution in [0.1, 0.15) is 226 Å². The molecule has 0 aromatic rings. The van der Waals surface area contributed by atoms with E-state index in [0.717, 1.165) is 89.9 Å². The molecule has 0 N–H and O–H groups in total. The zero-order valence-electron chi connectivity index (χ0n) is 38.5. The van der Waals surface area contributed by atoms with E-state index < -0.39 is 12.1 Å². The Kier molecular flexibility index (Phi) is 45.0. The Bertz CT molecular complexity index is 1130. The highest BCUT2D eigenvalue weighted by atomic mass is 16.6. The number of carbonyl (C=O) groups is 3. The van der Waals surface area contributed by atoms with Crippen LogP contribution in [0, 0.1) is 0 Å². The summed E-state index contributed by atoms with van der Waals surface area (Å²) in [5, 5.41) is 0. The zero-order chi connectivity index (χ0) is 43.0. The predicted molar refractivity (Wildman–Crippen MR) is 251 cm³/mol. The molecule has 0 amide bonds. The van der Waals surface area contributed by atoms with Gasteiger partial charge in [-0.25, -0.2) is 0 Å². The molecule has 0 bridgehead atoms. The van der Waals surface area contributed by atoms with Gasteiger partial charge in [-0.05, 0) is 64.2 Å². The quantitative estimate of drug-likeness (QED) is 0.0264. The fourth-order valence-corrected chi connectivity index (χ4v) is 6.58. The van der Waals surface area contributed by atoms with Crippen molar-refractivity contribution in [3.63, 3.8) is 0 Å². The smallest absolute Gasteiger partial charge is 0.310 e. The van der Waals surface area contributed by atoms with E-state index in [1.165, 1.54) is 96.3 Å². The minimum atomic E-state index is -0.829. The molecule has 1 unspecified atom stereocenters. The average molecular weight is 823 g/mol. The van der Waals surface area contributed by atoms with Crippen molar-refractivity contribution in [3.05, 3.63) is 72.9 Å². The van der Waals surface area contributed by atoms with E-state index in [-0.39, 0.29) is 31.6 Å². The van der Waals surface area contributed by atoms with Crippen molar-refractivity contribution in [2.24, 2.45) is 0 Å². The van der Waals surface area contributed by atoms with Crippen LogP contribution in [0.4, 0.5) is 0 Å². The molecule has 0 saturated carbocycles. The van der Waals surface area contributed by atoms with Gasteiger partial charge >= 0.3 is 17.9 Å². The summed E-state index contributed by atoms with van der Waals surface area (Å²) >= 11 is 0. The van der Waals surface area contributed by atoms with Gasteiger partial charge in [0.15, 0.2) is 6.10 Å². The number of unbranched alkanes of at least 4 members (excludes halogenated alkanes) is 21. The van der Waals surface area contributed by atoms with E-state index in [0.29, 0.717) is 12.8 Å². The highest BCUT2D eigenvalue weighted by Crippen LogP contribution is 2.15. The second-order valence-electron chi connectivity index (χ2n) is 16.0. The van der Waals surface area contributed by atoms with Crippen molar-refractivity contribution >= 4 is 17.9 Å². The van der Waals surface area contributed by atoms with Crippen LogP contribution < -0.4 is 0 Å². The van der Waals surface area contributed by atoms with Crippen LogP contribution in [-0.2, 0) is 28.6 Å². The second-order valence-corrected chi connectivity index (χ2v) is 16.0. The van der Waals surface area contributed by atoms with Gasteiger partial charge in [-0.2, -0.15) is 0 Å². The molecule has 0 radical (unpaired) electrons. The number of hydrogen-bond donors (Lipinski definition) is 0. The molecule has 59 heavy (non-hydrogen) atoms. The first-order valence-electron chi connectivity index (χ1n) is 24.4. The summed E-state index contributed by atoms with van der Waals surface area (Å²) in [6.07, 6.45) is 59.1. The van der Waals surface area contributed by atoms with Crippen molar-refractivity contribution in [2.45, 2.75) is 232 Å². The molecule has 0 aromatic carbocycles. The zero-order valence-corrected chi connectivity index (χ0v) is 38.5. The first-order chi connectivity index (χ1) is 29.0. The summed E-state index contributed by atoms with van der Waals surface area (Å²) in [7, 11) is 0. The Morgan fingerprint density at radius 2 is 0.746 bits per heavy atom. The maximum atomic E-state index is 12.7. The number of hydrogen-bond acceptors (Lipinski definition) is 6. The fourth-order valence-electron chi connectivity index (χ4n) is 6.58. The van der Waals surface area contributed by atoms with Gasteiger partial charge in [0.2, 0.25) is 0 Å². The minimum absolute atomic E-state index is 0.0967. The number of ether oxygens (including phenoxy) is 3. The molecular weight excluding hydrogens is 733 g/mol. The summed E-state index contributed by atoms with van der Waals surface area (Å²) in [5.41, 5.74) is 0. The van der Waals surface area contributed by atoms with Crippen molar-refractivity contribution in [1.29, 1.82) is 0 Å². The van der Waals surface area contributed by atoms with Gasteiger partial charge in [-0.1, -0.05) is 216 Å². The molecule has 1 atom stereocenters. The lowest BCUT2D eigenvalue weighted by molar-refractivity contribution is -0.166. The summed E-state index contributed by atoms with van der Waals surface area (Å²) in [5.74, 6) is -1.06. The van der Waals surface area contributed by atoms with Crippen molar-refractivity contribution in [3.8, 4) is 0 Å². The summed E-state index contributed by atoms with van der Waals surface area (Å²) in [6.45, 7) is 6.37. The Hall–Kier alpha value is -3.15. The van der Waals surface area contributed by atoms with Crippen molar-refractivity contribution in [1.82, 2.24) is 0 Å². The summed E-state index contributed by atoms with van der Waals surface area (Å²) < 4.78 is 16.6. The van der Waals surface area contributed by atoms with Crippen LogP contribution in [0.3, 0.4) is 0 Å². The Morgan fingerprint density at radius 1 is 0.373 bits per heavy atom. The van der Waals surface area contributed by atoms with Gasteiger partial charge < -0.3 is 14.2 Å². The highest BCUT2D eigenvalue weighted by molar-refractivity contribution is 5.72. The van der Waals surface area contributed by atoms with Crippen LogP contribution in [-0.4, -0.2) is 37.2 Å². The molecule has 6 heteroatoms. The monoisotopic (exact) mass is 823 g/mol. The SMILES string of the molecule is CC/C=C\C/C=C\C/C=C\C/C=C\C/C=C\CC(=O)OC(COC(=O)CCCCCCC/C=C\CCC)COC(=O)CCCCCCCCCCCCCCCCCC. The molecule has 0 saturated heterocycles. The van der Waals surface area contributed by atoms with Gasteiger partial charge in [0.25, 0.3) is 0 Å². The van der Waals surface area contributed by atoms with Crippen LogP contribution >= 0.6 is 0 Å². The fraction of sp³-hybridized carbons (Fsp3) is 0.717. The van der Waals surface area contributed by atoms with Crippen LogP contribution in [0.2, 0.25) is 0 Å². The van der Waals surface area contributed by atoms with E-state index in [9.17, 15) is 14.4 Å². The van der Waals surface area contributed by atoms with Crippen molar-refractivity contribution in [2.75, 3.05) is 13.2 Å². The van der Waals surface area contributed by atoms with Gasteiger partial charge in [0, 0.05) is 12.8 Å². The molecule has 0 rings (SSSR count). The maximum absolute atomic E-state index is 12.7. The highest BCUT2D eigenvalue weighted by Gasteiger charge is 2.19. The molecule has 6 nitrogen and oxygen atoms in total. The molecule has 338 valence electrons. The molecule has 0 fully saturated rings. The lowest BCUT2D eigenvalue weighted by Crippen LogP contribution is -2.30. The normalized spacial score (nSPS) is 12.7. The van der Waals surface area contributed by atoms with Crippen LogP contribution in [0.5, 0.6) is 0 Å². The molecule has 0 aliphatic heterocycles. The first kappa shape index (κ1) is 55.9. The molecule has 0 aliphatic rings. The van der Waals surface area contributed by atoms with Gasteiger partial charge in [0.1, 0.15) is 13.2 Å². The van der Waals surface area contributed by atoms with Crippen molar-refractivity contribution < 1.29 is 28.6 Å². The van der Waals surface area contributed by atoms with E-state index in [4.69, 9.17) is 14.2 Å². The largest absolute Gasteiger partial charge is 0.462 e.